The number of halogens is 1. The zero-order valence-electron chi connectivity index (χ0n) is 12.9. The molecule has 1 aliphatic rings. The van der Waals surface area contributed by atoms with E-state index in [1.54, 1.807) is 16.3 Å². The first-order chi connectivity index (χ1) is 11.5. The van der Waals surface area contributed by atoms with Gasteiger partial charge in [0.05, 0.1) is 10.9 Å². The van der Waals surface area contributed by atoms with Gasteiger partial charge in [-0.1, -0.05) is 12.1 Å². The predicted octanol–water partition coefficient (Wildman–Crippen LogP) is 2.81. The average Bonchev–Trinajstić information content (AvgIpc) is 3.02. The van der Waals surface area contributed by atoms with Gasteiger partial charge in [-0.3, -0.25) is 9.59 Å². The predicted molar refractivity (Wildman–Crippen MR) is 87.6 cm³/mol. The second-order valence-electron chi connectivity index (χ2n) is 5.86. The van der Waals surface area contributed by atoms with Gasteiger partial charge < -0.3 is 10.0 Å². The van der Waals surface area contributed by atoms with E-state index in [1.807, 2.05) is 6.07 Å². The SMILES string of the molecule is O=C(O)[C@H]1CCCN(C(=O)c2csc(Cc3cccc(F)c3)n2)C1. The minimum atomic E-state index is -0.863. The van der Waals surface area contributed by atoms with Gasteiger partial charge in [0, 0.05) is 24.9 Å². The van der Waals surface area contributed by atoms with Crippen molar-refractivity contribution in [2.75, 3.05) is 13.1 Å². The molecular weight excluding hydrogens is 331 g/mol. The van der Waals surface area contributed by atoms with Gasteiger partial charge >= 0.3 is 5.97 Å². The molecule has 0 radical (unpaired) electrons. The quantitative estimate of drug-likeness (QED) is 0.922. The summed E-state index contributed by atoms with van der Waals surface area (Å²) in [6.07, 6.45) is 1.75. The zero-order valence-corrected chi connectivity index (χ0v) is 13.8. The third kappa shape index (κ3) is 3.79. The van der Waals surface area contributed by atoms with Crippen molar-refractivity contribution < 1.29 is 19.1 Å². The van der Waals surface area contributed by atoms with E-state index in [1.165, 1.54) is 23.5 Å². The van der Waals surface area contributed by atoms with E-state index in [0.717, 1.165) is 10.6 Å². The van der Waals surface area contributed by atoms with Crippen LogP contribution in [0.15, 0.2) is 29.6 Å². The van der Waals surface area contributed by atoms with Crippen LogP contribution < -0.4 is 0 Å². The van der Waals surface area contributed by atoms with E-state index >= 15 is 0 Å². The number of amides is 1. The number of likely N-dealkylation sites (tertiary alicyclic amines) is 1. The fraction of sp³-hybridized carbons (Fsp3) is 0.353. The largest absolute Gasteiger partial charge is 0.481 e. The molecule has 0 unspecified atom stereocenters. The molecule has 1 fully saturated rings. The van der Waals surface area contributed by atoms with Crippen molar-refractivity contribution in [2.24, 2.45) is 5.92 Å². The molecule has 126 valence electrons. The smallest absolute Gasteiger partial charge is 0.308 e. The van der Waals surface area contributed by atoms with Gasteiger partial charge in [0.2, 0.25) is 0 Å². The number of hydrogen-bond donors (Lipinski definition) is 1. The Balaban J connectivity index is 1.68. The number of hydrogen-bond acceptors (Lipinski definition) is 4. The third-order valence-electron chi connectivity index (χ3n) is 4.07. The highest BCUT2D eigenvalue weighted by Gasteiger charge is 2.29. The fourth-order valence-corrected chi connectivity index (χ4v) is 3.64. The van der Waals surface area contributed by atoms with Crippen LogP contribution in [0.25, 0.3) is 0 Å². The van der Waals surface area contributed by atoms with Crippen molar-refractivity contribution in [1.82, 2.24) is 9.88 Å². The van der Waals surface area contributed by atoms with Crippen LogP contribution >= 0.6 is 11.3 Å². The number of carbonyl (C=O) groups is 2. The maximum Gasteiger partial charge on any atom is 0.308 e. The molecule has 0 aliphatic carbocycles. The summed E-state index contributed by atoms with van der Waals surface area (Å²) in [6, 6.07) is 6.29. The summed E-state index contributed by atoms with van der Waals surface area (Å²) >= 11 is 1.35. The standard InChI is InChI=1S/C17H17FN2O3S/c18-13-5-1-3-11(7-13)8-15-19-14(10-24-15)16(21)20-6-2-4-12(9-20)17(22)23/h1,3,5,7,10,12H,2,4,6,8-9H2,(H,22,23)/t12-/m0/s1. The minimum absolute atomic E-state index is 0.227. The number of carbonyl (C=O) groups excluding carboxylic acids is 1. The number of thiazole rings is 1. The molecular formula is C17H17FN2O3S. The van der Waals surface area contributed by atoms with Crippen molar-refractivity contribution in [1.29, 1.82) is 0 Å². The molecule has 1 atom stereocenters. The Morgan fingerprint density at radius 1 is 1.42 bits per heavy atom. The second-order valence-corrected chi connectivity index (χ2v) is 6.80. The summed E-state index contributed by atoms with van der Waals surface area (Å²) in [5, 5.41) is 11.5. The molecule has 0 saturated carbocycles. The lowest BCUT2D eigenvalue weighted by Crippen LogP contribution is -2.42. The number of piperidine rings is 1. The summed E-state index contributed by atoms with van der Waals surface area (Å²) in [4.78, 5) is 29.5. The topological polar surface area (TPSA) is 70.5 Å². The van der Waals surface area contributed by atoms with E-state index in [0.29, 0.717) is 31.5 Å². The molecule has 1 aliphatic heterocycles. The Morgan fingerprint density at radius 2 is 2.25 bits per heavy atom. The Bertz CT molecular complexity index is 762. The van der Waals surface area contributed by atoms with Crippen molar-refractivity contribution in [2.45, 2.75) is 19.3 Å². The third-order valence-corrected chi connectivity index (χ3v) is 4.92. The van der Waals surface area contributed by atoms with Crippen LogP contribution in [0, 0.1) is 11.7 Å². The number of benzene rings is 1. The van der Waals surface area contributed by atoms with E-state index in [2.05, 4.69) is 4.98 Å². The number of aromatic nitrogens is 1. The average molecular weight is 348 g/mol. The molecule has 3 rings (SSSR count). The van der Waals surface area contributed by atoms with Crippen LogP contribution in [-0.4, -0.2) is 40.0 Å². The van der Waals surface area contributed by atoms with Gasteiger partial charge in [0.1, 0.15) is 11.5 Å². The van der Waals surface area contributed by atoms with Crippen LogP contribution in [0.3, 0.4) is 0 Å². The maximum atomic E-state index is 13.2. The van der Waals surface area contributed by atoms with Gasteiger partial charge in [0.15, 0.2) is 0 Å². The fourth-order valence-electron chi connectivity index (χ4n) is 2.84. The summed E-state index contributed by atoms with van der Waals surface area (Å²) in [5.41, 5.74) is 1.13. The number of rotatable bonds is 4. The van der Waals surface area contributed by atoms with Gasteiger partial charge in [0.25, 0.3) is 5.91 Å². The van der Waals surface area contributed by atoms with E-state index in [-0.39, 0.29) is 18.3 Å². The highest BCUT2D eigenvalue weighted by atomic mass is 32.1. The van der Waals surface area contributed by atoms with Gasteiger partial charge in [-0.15, -0.1) is 11.3 Å². The number of nitrogens with zero attached hydrogens (tertiary/aromatic N) is 2. The van der Waals surface area contributed by atoms with Crippen LogP contribution in [-0.2, 0) is 11.2 Å². The van der Waals surface area contributed by atoms with Crippen molar-refractivity contribution in [3.63, 3.8) is 0 Å². The Kier molecular flexibility index (Phi) is 4.89. The van der Waals surface area contributed by atoms with Crippen molar-refractivity contribution in [3.05, 3.63) is 51.7 Å². The first kappa shape index (κ1) is 16.6. The monoisotopic (exact) mass is 348 g/mol. The molecule has 2 heterocycles. The number of carboxylic acid groups (broad SMARTS) is 1. The lowest BCUT2D eigenvalue weighted by molar-refractivity contribution is -0.143. The Morgan fingerprint density at radius 3 is 3.00 bits per heavy atom. The first-order valence-corrected chi connectivity index (χ1v) is 8.62. The molecule has 7 heteroatoms. The number of aliphatic carboxylic acids is 1. The van der Waals surface area contributed by atoms with Gasteiger partial charge in [-0.05, 0) is 30.5 Å². The molecule has 1 aromatic carbocycles. The van der Waals surface area contributed by atoms with Gasteiger partial charge in [-0.25, -0.2) is 9.37 Å². The molecule has 1 amide bonds. The van der Waals surface area contributed by atoms with Crippen LogP contribution in [0.2, 0.25) is 0 Å². The van der Waals surface area contributed by atoms with Crippen molar-refractivity contribution >= 4 is 23.2 Å². The Labute approximate surface area is 142 Å². The lowest BCUT2D eigenvalue weighted by Gasteiger charge is -2.30. The molecule has 24 heavy (non-hydrogen) atoms. The summed E-state index contributed by atoms with van der Waals surface area (Å²) in [5.74, 6) is -1.90. The molecule has 1 N–H and O–H groups in total. The summed E-state index contributed by atoms with van der Waals surface area (Å²) < 4.78 is 13.2. The molecule has 0 spiro atoms. The molecule has 2 aromatic rings. The minimum Gasteiger partial charge on any atom is -0.481 e. The number of carboxylic acids is 1. The molecule has 0 bridgehead atoms. The van der Waals surface area contributed by atoms with E-state index in [4.69, 9.17) is 5.11 Å². The lowest BCUT2D eigenvalue weighted by atomic mass is 9.98. The zero-order chi connectivity index (χ0) is 17.1. The molecule has 5 nitrogen and oxygen atoms in total. The Hall–Kier alpha value is -2.28. The summed E-state index contributed by atoms with van der Waals surface area (Å²) in [7, 11) is 0. The normalized spacial score (nSPS) is 17.7. The summed E-state index contributed by atoms with van der Waals surface area (Å²) in [6.45, 7) is 0.782. The molecule has 1 aromatic heterocycles. The van der Waals surface area contributed by atoms with Crippen LogP contribution in [0.1, 0.15) is 33.9 Å². The first-order valence-electron chi connectivity index (χ1n) is 7.74. The highest BCUT2D eigenvalue weighted by molar-refractivity contribution is 7.09. The second kappa shape index (κ2) is 7.09. The highest BCUT2D eigenvalue weighted by Crippen LogP contribution is 2.21. The maximum absolute atomic E-state index is 13.2. The molecule has 1 saturated heterocycles. The van der Waals surface area contributed by atoms with Crippen molar-refractivity contribution in [3.8, 4) is 0 Å². The van der Waals surface area contributed by atoms with E-state index < -0.39 is 11.9 Å². The van der Waals surface area contributed by atoms with Crippen LogP contribution in [0.4, 0.5) is 4.39 Å². The van der Waals surface area contributed by atoms with Crippen LogP contribution in [0.5, 0.6) is 0 Å². The van der Waals surface area contributed by atoms with E-state index in [9.17, 15) is 14.0 Å². The van der Waals surface area contributed by atoms with Gasteiger partial charge in [-0.2, -0.15) is 0 Å².